The van der Waals surface area contributed by atoms with Crippen LogP contribution >= 0.6 is 0 Å². The molecule has 0 spiro atoms. The van der Waals surface area contributed by atoms with E-state index in [1.54, 1.807) is 23.8 Å². The van der Waals surface area contributed by atoms with Gasteiger partial charge in [0.25, 0.3) is 0 Å². The number of carbonyl (C=O) groups excluding carboxylic acids is 4. The van der Waals surface area contributed by atoms with E-state index in [1.807, 2.05) is 20.8 Å². The van der Waals surface area contributed by atoms with Crippen molar-refractivity contribution < 1.29 is 23.9 Å². The largest absolute Gasteiger partial charge is 0.466 e. The fraction of sp³-hybridized carbons (Fsp3) is 0.818. The summed E-state index contributed by atoms with van der Waals surface area (Å²) < 4.78 is 5.06. The van der Waals surface area contributed by atoms with E-state index in [4.69, 9.17) is 4.74 Å². The maximum absolute atomic E-state index is 12.9. The summed E-state index contributed by atoms with van der Waals surface area (Å²) in [6, 6.07) is 0. The van der Waals surface area contributed by atoms with E-state index in [0.29, 0.717) is 45.6 Å². The van der Waals surface area contributed by atoms with E-state index in [0.717, 1.165) is 12.8 Å². The fourth-order valence-electron chi connectivity index (χ4n) is 4.15. The molecule has 0 aliphatic carbocycles. The number of amides is 3. The van der Waals surface area contributed by atoms with Gasteiger partial charge in [-0.2, -0.15) is 0 Å². The molecular weight excluding hydrogens is 386 g/mol. The third kappa shape index (κ3) is 6.19. The molecule has 8 heteroatoms. The number of nitrogens with zero attached hydrogens (tertiary/aromatic N) is 3. The van der Waals surface area contributed by atoms with Gasteiger partial charge in [-0.3, -0.25) is 19.2 Å². The van der Waals surface area contributed by atoms with Gasteiger partial charge in [-0.1, -0.05) is 20.8 Å². The second-order valence-electron chi connectivity index (χ2n) is 9.44. The summed E-state index contributed by atoms with van der Waals surface area (Å²) in [6.45, 7) is 9.93. The maximum Gasteiger partial charge on any atom is 0.309 e. The Morgan fingerprint density at radius 1 is 0.967 bits per heavy atom. The van der Waals surface area contributed by atoms with Crippen LogP contribution in [0.3, 0.4) is 0 Å². The Morgan fingerprint density at radius 3 is 2.17 bits per heavy atom. The Labute approximate surface area is 179 Å². The van der Waals surface area contributed by atoms with Gasteiger partial charge in [0.2, 0.25) is 17.7 Å². The van der Waals surface area contributed by atoms with E-state index in [-0.39, 0.29) is 42.1 Å². The number of esters is 1. The van der Waals surface area contributed by atoms with E-state index in [2.05, 4.69) is 0 Å². The average molecular weight is 424 g/mol. The molecule has 0 radical (unpaired) electrons. The molecular formula is C22H37N3O5. The lowest BCUT2D eigenvalue weighted by molar-refractivity contribution is -0.151. The van der Waals surface area contributed by atoms with Gasteiger partial charge in [-0.25, -0.2) is 0 Å². The molecule has 1 atom stereocenters. The van der Waals surface area contributed by atoms with Crippen LogP contribution in [0, 0.1) is 17.3 Å². The SMILES string of the molecule is CCOC(=O)C1CCN(C(=O)CN(C)C(=O)C2CCCN(C(=O)C(C)(C)C)C2)CC1. The zero-order chi connectivity index (χ0) is 22.5. The van der Waals surface area contributed by atoms with Gasteiger partial charge in [-0.05, 0) is 32.6 Å². The lowest BCUT2D eigenvalue weighted by Gasteiger charge is -2.37. The highest BCUT2D eigenvalue weighted by Crippen LogP contribution is 2.25. The average Bonchev–Trinajstić information content (AvgIpc) is 2.72. The lowest BCUT2D eigenvalue weighted by Crippen LogP contribution is -2.51. The highest BCUT2D eigenvalue weighted by atomic mass is 16.5. The predicted octanol–water partition coefficient (Wildman–Crippen LogP) is 1.53. The van der Waals surface area contributed by atoms with Crippen molar-refractivity contribution in [3.63, 3.8) is 0 Å². The molecule has 0 aromatic heterocycles. The first-order valence-corrected chi connectivity index (χ1v) is 11.0. The van der Waals surface area contributed by atoms with Crippen molar-refractivity contribution in [2.45, 2.75) is 53.4 Å². The Hall–Kier alpha value is -2.12. The molecule has 0 bridgehead atoms. The monoisotopic (exact) mass is 423 g/mol. The Kier molecular flexibility index (Phi) is 8.26. The number of piperidine rings is 2. The van der Waals surface area contributed by atoms with Crippen molar-refractivity contribution in [3.05, 3.63) is 0 Å². The molecule has 30 heavy (non-hydrogen) atoms. The van der Waals surface area contributed by atoms with Crippen molar-refractivity contribution in [3.8, 4) is 0 Å². The topological polar surface area (TPSA) is 87.2 Å². The molecule has 8 nitrogen and oxygen atoms in total. The normalized spacial score (nSPS) is 20.6. The standard InChI is InChI=1S/C22H37N3O5/c1-6-30-20(28)16-9-12-24(13-10-16)18(26)15-23(5)19(27)17-8-7-11-25(14-17)21(29)22(2,3)4/h16-17H,6-15H2,1-5H3. The minimum atomic E-state index is -0.470. The highest BCUT2D eigenvalue weighted by molar-refractivity contribution is 5.87. The van der Waals surface area contributed by atoms with Crippen LogP contribution in [0.15, 0.2) is 0 Å². The van der Waals surface area contributed by atoms with Crippen LogP contribution in [0.5, 0.6) is 0 Å². The summed E-state index contributed by atoms with van der Waals surface area (Å²) in [5.41, 5.74) is -0.470. The van der Waals surface area contributed by atoms with Crippen molar-refractivity contribution in [1.29, 1.82) is 0 Å². The number of rotatable bonds is 5. The molecule has 2 aliphatic heterocycles. The van der Waals surface area contributed by atoms with E-state index < -0.39 is 5.41 Å². The van der Waals surface area contributed by atoms with Gasteiger partial charge in [-0.15, -0.1) is 0 Å². The van der Waals surface area contributed by atoms with Crippen molar-refractivity contribution in [2.24, 2.45) is 17.3 Å². The number of hydrogen-bond donors (Lipinski definition) is 0. The van der Waals surface area contributed by atoms with Gasteiger partial charge in [0, 0.05) is 38.6 Å². The van der Waals surface area contributed by atoms with E-state index >= 15 is 0 Å². The molecule has 170 valence electrons. The highest BCUT2D eigenvalue weighted by Gasteiger charge is 2.35. The van der Waals surface area contributed by atoms with Crippen LogP contribution in [0.2, 0.25) is 0 Å². The Bertz CT molecular complexity index is 650. The summed E-state index contributed by atoms with van der Waals surface area (Å²) in [6.07, 6.45) is 2.71. The van der Waals surface area contributed by atoms with Gasteiger partial charge in [0.1, 0.15) is 0 Å². The molecule has 0 N–H and O–H groups in total. The number of carbonyl (C=O) groups is 4. The quantitative estimate of drug-likeness (QED) is 0.626. The van der Waals surface area contributed by atoms with Gasteiger partial charge in [0.05, 0.1) is 25.0 Å². The number of hydrogen-bond acceptors (Lipinski definition) is 5. The van der Waals surface area contributed by atoms with Gasteiger partial charge >= 0.3 is 5.97 Å². The first-order chi connectivity index (χ1) is 14.0. The third-order valence-corrected chi connectivity index (χ3v) is 5.92. The molecule has 0 aromatic rings. The maximum atomic E-state index is 12.9. The second-order valence-corrected chi connectivity index (χ2v) is 9.44. The molecule has 2 saturated heterocycles. The molecule has 0 aromatic carbocycles. The molecule has 2 heterocycles. The zero-order valence-corrected chi connectivity index (χ0v) is 19.1. The summed E-state index contributed by atoms with van der Waals surface area (Å²) >= 11 is 0. The molecule has 0 saturated carbocycles. The van der Waals surface area contributed by atoms with Gasteiger partial charge in [0.15, 0.2) is 0 Å². The van der Waals surface area contributed by atoms with Crippen LogP contribution in [0.4, 0.5) is 0 Å². The van der Waals surface area contributed by atoms with Crippen LogP contribution in [-0.2, 0) is 23.9 Å². The van der Waals surface area contributed by atoms with Crippen molar-refractivity contribution >= 4 is 23.7 Å². The Morgan fingerprint density at radius 2 is 1.60 bits per heavy atom. The van der Waals surface area contributed by atoms with Crippen LogP contribution in [0.1, 0.15) is 53.4 Å². The molecule has 1 unspecified atom stereocenters. The van der Waals surface area contributed by atoms with Crippen molar-refractivity contribution in [2.75, 3.05) is 46.4 Å². The minimum Gasteiger partial charge on any atom is -0.466 e. The molecule has 2 aliphatic rings. The summed E-state index contributed by atoms with van der Waals surface area (Å²) in [7, 11) is 1.65. The summed E-state index contributed by atoms with van der Waals surface area (Å²) in [5.74, 6) is -0.742. The van der Waals surface area contributed by atoms with Crippen LogP contribution in [0.25, 0.3) is 0 Å². The minimum absolute atomic E-state index is 0.0205. The zero-order valence-electron chi connectivity index (χ0n) is 19.1. The second kappa shape index (κ2) is 10.3. The molecule has 3 amide bonds. The summed E-state index contributed by atoms with van der Waals surface area (Å²) in [4.78, 5) is 54.9. The number of likely N-dealkylation sites (N-methyl/N-ethyl adjacent to an activating group) is 1. The van der Waals surface area contributed by atoms with Gasteiger partial charge < -0.3 is 19.4 Å². The Balaban J connectivity index is 1.84. The first-order valence-electron chi connectivity index (χ1n) is 11.0. The predicted molar refractivity (Wildman–Crippen MR) is 112 cm³/mol. The molecule has 2 rings (SSSR count). The molecule has 2 fully saturated rings. The number of ether oxygens (including phenoxy) is 1. The smallest absolute Gasteiger partial charge is 0.309 e. The van der Waals surface area contributed by atoms with Crippen molar-refractivity contribution in [1.82, 2.24) is 14.7 Å². The third-order valence-electron chi connectivity index (χ3n) is 5.92. The van der Waals surface area contributed by atoms with E-state index in [1.165, 1.54) is 4.90 Å². The first kappa shape index (κ1) is 24.2. The van der Waals surface area contributed by atoms with Crippen LogP contribution < -0.4 is 0 Å². The van der Waals surface area contributed by atoms with E-state index in [9.17, 15) is 19.2 Å². The lowest BCUT2D eigenvalue weighted by atomic mass is 9.90. The number of likely N-dealkylation sites (tertiary alicyclic amines) is 2. The van der Waals surface area contributed by atoms with Crippen LogP contribution in [-0.4, -0.2) is 84.8 Å². The summed E-state index contributed by atoms with van der Waals surface area (Å²) in [5, 5.41) is 0. The fourth-order valence-corrected chi connectivity index (χ4v) is 4.15.